The number of amides is 1. The van der Waals surface area contributed by atoms with Gasteiger partial charge >= 0.3 is 0 Å². The van der Waals surface area contributed by atoms with Gasteiger partial charge in [-0.15, -0.1) is 0 Å². The zero-order valence-electron chi connectivity index (χ0n) is 10.9. The Morgan fingerprint density at radius 3 is 2.55 bits per heavy atom. The third-order valence-electron chi connectivity index (χ3n) is 3.23. The fraction of sp³-hybridized carbons (Fsp3) is 0.385. The lowest BCUT2D eigenvalue weighted by Crippen LogP contribution is -2.50. The predicted molar refractivity (Wildman–Crippen MR) is 82.2 cm³/mol. The summed E-state index contributed by atoms with van der Waals surface area (Å²) in [5, 5.41) is 9.55. The first kappa shape index (κ1) is 15.0. The second-order valence-electron chi connectivity index (χ2n) is 4.70. The molecule has 1 aromatic carbocycles. The Hall–Kier alpha value is -1.37. The van der Waals surface area contributed by atoms with Crippen LogP contribution >= 0.6 is 23.8 Å². The molecule has 2 rings (SSSR count). The number of hydrogen-bond acceptors (Lipinski definition) is 4. The first-order chi connectivity index (χ1) is 9.47. The van der Waals surface area contributed by atoms with E-state index in [2.05, 4.69) is 4.90 Å². The van der Waals surface area contributed by atoms with Crippen molar-refractivity contribution in [3.05, 3.63) is 28.8 Å². The maximum absolute atomic E-state index is 12.3. The number of piperazine rings is 1. The summed E-state index contributed by atoms with van der Waals surface area (Å²) in [7, 11) is 0. The van der Waals surface area contributed by atoms with Crippen molar-refractivity contribution in [2.24, 2.45) is 5.73 Å². The molecule has 1 fully saturated rings. The number of nitrogens with two attached hydrogens (primary N) is 1. The van der Waals surface area contributed by atoms with Crippen LogP contribution in [0.5, 0.6) is 5.75 Å². The van der Waals surface area contributed by atoms with Gasteiger partial charge in [0, 0.05) is 38.3 Å². The van der Waals surface area contributed by atoms with E-state index in [-0.39, 0.29) is 16.7 Å². The zero-order chi connectivity index (χ0) is 14.7. The van der Waals surface area contributed by atoms with Crippen molar-refractivity contribution in [1.29, 1.82) is 0 Å². The Bertz CT molecular complexity index is 530. The average molecular weight is 314 g/mol. The molecule has 20 heavy (non-hydrogen) atoms. The smallest absolute Gasteiger partial charge is 0.253 e. The van der Waals surface area contributed by atoms with Crippen LogP contribution in [-0.2, 0) is 0 Å². The van der Waals surface area contributed by atoms with Crippen LogP contribution in [-0.4, -0.2) is 58.5 Å². The van der Waals surface area contributed by atoms with E-state index in [1.165, 1.54) is 12.1 Å². The van der Waals surface area contributed by atoms with Gasteiger partial charge in [0.05, 0.1) is 10.0 Å². The first-order valence-electron chi connectivity index (χ1n) is 6.26. The van der Waals surface area contributed by atoms with Crippen molar-refractivity contribution in [3.8, 4) is 5.75 Å². The summed E-state index contributed by atoms with van der Waals surface area (Å²) < 4.78 is 0. The molecule has 1 amide bonds. The number of halogens is 1. The number of carbonyl (C=O) groups is 1. The molecule has 1 saturated heterocycles. The average Bonchev–Trinajstić information content (AvgIpc) is 2.41. The second kappa shape index (κ2) is 6.39. The molecular formula is C13H16ClN3O2S. The van der Waals surface area contributed by atoms with E-state index in [0.29, 0.717) is 30.2 Å². The number of phenols is 1. The van der Waals surface area contributed by atoms with Gasteiger partial charge in [0.1, 0.15) is 5.75 Å². The van der Waals surface area contributed by atoms with Crippen LogP contribution in [0, 0.1) is 0 Å². The zero-order valence-corrected chi connectivity index (χ0v) is 12.5. The molecule has 0 unspecified atom stereocenters. The molecule has 0 aromatic heterocycles. The maximum Gasteiger partial charge on any atom is 0.253 e. The Kier molecular flexibility index (Phi) is 4.80. The molecule has 1 heterocycles. The highest BCUT2D eigenvalue weighted by Gasteiger charge is 2.22. The number of carbonyl (C=O) groups excluding carboxylic acids is 1. The number of aromatic hydroxyl groups is 1. The third kappa shape index (κ3) is 3.59. The molecule has 0 saturated carbocycles. The van der Waals surface area contributed by atoms with E-state index in [1.54, 1.807) is 11.0 Å². The lowest BCUT2D eigenvalue weighted by molar-refractivity contribution is 0.0654. The number of benzene rings is 1. The quantitative estimate of drug-likeness (QED) is 0.818. The van der Waals surface area contributed by atoms with Gasteiger partial charge in [-0.1, -0.05) is 23.8 Å². The van der Waals surface area contributed by atoms with Gasteiger partial charge in [-0.25, -0.2) is 0 Å². The lowest BCUT2D eigenvalue weighted by Gasteiger charge is -2.34. The largest absolute Gasteiger partial charge is 0.506 e. The molecular weight excluding hydrogens is 298 g/mol. The maximum atomic E-state index is 12.3. The summed E-state index contributed by atoms with van der Waals surface area (Å²) >= 11 is 10.7. The van der Waals surface area contributed by atoms with Crippen molar-refractivity contribution in [2.45, 2.75) is 0 Å². The van der Waals surface area contributed by atoms with Gasteiger partial charge in [0.15, 0.2) is 0 Å². The molecule has 0 radical (unpaired) electrons. The summed E-state index contributed by atoms with van der Waals surface area (Å²) in [4.78, 5) is 16.7. The second-order valence-corrected chi connectivity index (χ2v) is 5.63. The van der Waals surface area contributed by atoms with Crippen LogP contribution in [0.15, 0.2) is 18.2 Å². The molecule has 0 atom stereocenters. The van der Waals surface area contributed by atoms with E-state index in [4.69, 9.17) is 29.6 Å². The van der Waals surface area contributed by atoms with Gasteiger partial charge in [0.2, 0.25) is 0 Å². The number of hydrogen-bond donors (Lipinski definition) is 2. The summed E-state index contributed by atoms with van der Waals surface area (Å²) in [6.45, 7) is 3.33. The normalized spacial score (nSPS) is 16.1. The lowest BCUT2D eigenvalue weighted by atomic mass is 10.1. The monoisotopic (exact) mass is 313 g/mol. The fourth-order valence-electron chi connectivity index (χ4n) is 2.15. The van der Waals surface area contributed by atoms with Gasteiger partial charge < -0.3 is 15.7 Å². The van der Waals surface area contributed by atoms with Gasteiger partial charge in [0.25, 0.3) is 5.91 Å². The molecule has 1 aromatic rings. The van der Waals surface area contributed by atoms with E-state index in [9.17, 15) is 9.90 Å². The molecule has 3 N–H and O–H groups in total. The molecule has 0 bridgehead atoms. The van der Waals surface area contributed by atoms with E-state index >= 15 is 0 Å². The number of thiocarbonyl (C=S) groups is 1. The topological polar surface area (TPSA) is 69.8 Å². The van der Waals surface area contributed by atoms with Crippen molar-refractivity contribution in [2.75, 3.05) is 32.7 Å². The highest BCUT2D eigenvalue weighted by Crippen LogP contribution is 2.24. The van der Waals surface area contributed by atoms with Crippen LogP contribution in [0.1, 0.15) is 10.4 Å². The first-order valence-corrected chi connectivity index (χ1v) is 7.04. The van der Waals surface area contributed by atoms with Crippen LogP contribution in [0.25, 0.3) is 0 Å². The summed E-state index contributed by atoms with van der Waals surface area (Å²) in [5.41, 5.74) is 5.99. The van der Waals surface area contributed by atoms with Crippen molar-refractivity contribution < 1.29 is 9.90 Å². The van der Waals surface area contributed by atoms with Gasteiger partial charge in [-0.2, -0.15) is 0 Å². The summed E-state index contributed by atoms with van der Waals surface area (Å²) in [6, 6.07) is 4.49. The molecule has 1 aliphatic rings. The SMILES string of the molecule is NC(=S)CN1CCN(C(=O)c2ccc(O)c(Cl)c2)CC1. The Labute approximate surface area is 127 Å². The highest BCUT2D eigenvalue weighted by atomic mass is 35.5. The van der Waals surface area contributed by atoms with Crippen molar-refractivity contribution in [3.63, 3.8) is 0 Å². The molecule has 108 valence electrons. The number of nitrogens with zero attached hydrogens (tertiary/aromatic N) is 2. The highest BCUT2D eigenvalue weighted by molar-refractivity contribution is 7.80. The Morgan fingerprint density at radius 1 is 1.35 bits per heavy atom. The number of phenolic OH excluding ortho intramolecular Hbond substituents is 1. The van der Waals surface area contributed by atoms with Crippen LogP contribution in [0.3, 0.4) is 0 Å². The molecule has 0 aliphatic carbocycles. The minimum absolute atomic E-state index is 0.0236. The minimum atomic E-state index is -0.0816. The molecule has 5 nitrogen and oxygen atoms in total. The van der Waals surface area contributed by atoms with Gasteiger partial charge in [-0.3, -0.25) is 9.69 Å². The van der Waals surface area contributed by atoms with Crippen LogP contribution in [0.2, 0.25) is 5.02 Å². The van der Waals surface area contributed by atoms with E-state index < -0.39 is 0 Å². The van der Waals surface area contributed by atoms with E-state index in [1.807, 2.05) is 0 Å². The van der Waals surface area contributed by atoms with Crippen molar-refractivity contribution in [1.82, 2.24) is 9.80 Å². The van der Waals surface area contributed by atoms with E-state index in [0.717, 1.165) is 13.1 Å². The summed E-state index contributed by atoms with van der Waals surface area (Å²) in [6.07, 6.45) is 0. The van der Waals surface area contributed by atoms with Crippen LogP contribution < -0.4 is 5.73 Å². The Morgan fingerprint density at radius 2 is 2.00 bits per heavy atom. The fourth-order valence-corrected chi connectivity index (χ4v) is 2.52. The standard InChI is InChI=1S/C13H16ClN3O2S/c14-10-7-9(1-2-11(10)18)13(19)17-5-3-16(4-6-17)8-12(15)20/h1-2,7,18H,3-6,8H2,(H2,15,20). The third-order valence-corrected chi connectivity index (χ3v) is 3.67. The molecule has 1 aliphatic heterocycles. The van der Waals surface area contributed by atoms with Crippen LogP contribution in [0.4, 0.5) is 0 Å². The minimum Gasteiger partial charge on any atom is -0.506 e. The van der Waals surface area contributed by atoms with Crippen molar-refractivity contribution >= 4 is 34.7 Å². The van der Waals surface area contributed by atoms with Gasteiger partial charge in [-0.05, 0) is 18.2 Å². The summed E-state index contributed by atoms with van der Waals surface area (Å²) in [5.74, 6) is -0.105. The molecule has 7 heteroatoms. The Balaban J connectivity index is 1.97. The molecule has 0 spiro atoms. The number of rotatable bonds is 3. The predicted octanol–water partition coefficient (Wildman–Crippen LogP) is 1.09.